The largest absolute Gasteiger partial charge is 1.00 e. The standard InChI is InChI=1S/C5H5N.Li.H3O4P.H/c1-2-4-6-5-3-1;;1-5(2,3)4;/h1-5H;;(H3,1,2,3,4);/q;+1;;-1. The third-order valence-electron chi connectivity index (χ3n) is 0.566. The van der Waals surface area contributed by atoms with Crippen LogP contribution in [0, 0.1) is 0 Å². The predicted molar refractivity (Wildman–Crippen MR) is 39.6 cm³/mol. The van der Waals surface area contributed by atoms with Crippen molar-refractivity contribution < 1.29 is 39.5 Å². The van der Waals surface area contributed by atoms with Gasteiger partial charge in [-0.25, -0.2) is 4.57 Å². The number of aromatic nitrogens is 1. The van der Waals surface area contributed by atoms with Crippen LogP contribution in [0.5, 0.6) is 0 Å². The molecule has 0 amide bonds. The number of hydrogen-bond donors (Lipinski definition) is 3. The van der Waals surface area contributed by atoms with E-state index >= 15 is 0 Å². The van der Waals surface area contributed by atoms with Crippen LogP contribution >= 0.6 is 7.82 Å². The SMILES string of the molecule is O=P(O)(O)O.[H-].[Li+].c1ccncc1. The summed E-state index contributed by atoms with van der Waals surface area (Å²) >= 11 is 0. The molecule has 1 aromatic heterocycles. The van der Waals surface area contributed by atoms with Crippen LogP contribution in [0.3, 0.4) is 0 Å². The molecule has 0 aliphatic carbocycles. The van der Waals surface area contributed by atoms with Gasteiger partial charge in [-0.3, -0.25) is 4.98 Å². The Morgan fingerprint density at radius 1 is 1.08 bits per heavy atom. The zero-order chi connectivity index (χ0) is 8.74. The van der Waals surface area contributed by atoms with Gasteiger partial charge in [0.2, 0.25) is 0 Å². The molecule has 0 bridgehead atoms. The van der Waals surface area contributed by atoms with Crippen LogP contribution in [0.1, 0.15) is 1.43 Å². The van der Waals surface area contributed by atoms with Gasteiger partial charge in [-0.15, -0.1) is 0 Å². The Morgan fingerprint density at radius 3 is 1.50 bits per heavy atom. The molecule has 0 saturated heterocycles. The van der Waals surface area contributed by atoms with E-state index in [1.165, 1.54) is 0 Å². The van der Waals surface area contributed by atoms with Crippen molar-refractivity contribution in [2.75, 3.05) is 0 Å². The number of rotatable bonds is 0. The first-order valence-electron chi connectivity index (χ1n) is 2.63. The van der Waals surface area contributed by atoms with Crippen molar-refractivity contribution in [3.05, 3.63) is 30.6 Å². The molecule has 0 spiro atoms. The molecule has 0 aliphatic rings. The summed E-state index contributed by atoms with van der Waals surface area (Å²) in [6.45, 7) is 0. The Morgan fingerprint density at radius 2 is 1.42 bits per heavy atom. The second-order valence-corrected chi connectivity index (χ2v) is 2.56. The van der Waals surface area contributed by atoms with Gasteiger partial charge < -0.3 is 16.1 Å². The molecule has 1 aromatic rings. The topological polar surface area (TPSA) is 90.7 Å². The number of pyridine rings is 1. The van der Waals surface area contributed by atoms with Gasteiger partial charge in [-0.2, -0.15) is 0 Å². The monoisotopic (exact) mass is 185 g/mol. The molecule has 0 saturated carbocycles. The van der Waals surface area contributed by atoms with Crippen LogP contribution in [-0.2, 0) is 4.57 Å². The molecule has 64 valence electrons. The summed E-state index contributed by atoms with van der Waals surface area (Å²) in [5.41, 5.74) is 0. The molecular weight excluding hydrogens is 176 g/mol. The zero-order valence-corrected chi connectivity index (χ0v) is 7.43. The second kappa shape index (κ2) is 7.50. The van der Waals surface area contributed by atoms with Gasteiger partial charge in [0.25, 0.3) is 0 Å². The predicted octanol–water partition coefficient (Wildman–Crippen LogP) is -2.73. The molecule has 1 rings (SSSR count). The first-order valence-corrected chi connectivity index (χ1v) is 4.20. The van der Waals surface area contributed by atoms with Gasteiger partial charge in [0.05, 0.1) is 0 Å². The molecule has 0 atom stereocenters. The third kappa shape index (κ3) is 22.5. The fourth-order valence-corrected chi connectivity index (χ4v) is 0.313. The third-order valence-corrected chi connectivity index (χ3v) is 0.566. The van der Waals surface area contributed by atoms with E-state index < -0.39 is 7.82 Å². The molecule has 0 fully saturated rings. The van der Waals surface area contributed by atoms with E-state index in [1.807, 2.05) is 18.2 Å². The average molecular weight is 185 g/mol. The maximum Gasteiger partial charge on any atom is 1.00 e. The Hall–Kier alpha value is -0.143. The maximum atomic E-state index is 8.88. The van der Waals surface area contributed by atoms with Crippen LogP contribution in [0.15, 0.2) is 30.6 Å². The Balaban J connectivity index is -0.000000136. The first kappa shape index (κ1) is 14.4. The quantitative estimate of drug-likeness (QED) is 0.301. The molecule has 0 radical (unpaired) electrons. The number of phosphoric acid groups is 1. The average Bonchev–Trinajstić information content (AvgIpc) is 1.88. The van der Waals surface area contributed by atoms with Crippen molar-refractivity contribution in [3.8, 4) is 0 Å². The maximum absolute atomic E-state index is 8.88. The second-order valence-electron chi connectivity index (χ2n) is 1.54. The summed E-state index contributed by atoms with van der Waals surface area (Å²) in [5.74, 6) is 0. The molecule has 1 heterocycles. The summed E-state index contributed by atoms with van der Waals surface area (Å²) in [5, 5.41) is 0. The van der Waals surface area contributed by atoms with Crippen molar-refractivity contribution in [2.45, 2.75) is 0 Å². The minimum Gasteiger partial charge on any atom is -1.00 e. The van der Waals surface area contributed by atoms with Crippen molar-refractivity contribution in [3.63, 3.8) is 0 Å². The Labute approximate surface area is 83.4 Å². The number of hydrogen-bond acceptors (Lipinski definition) is 2. The summed E-state index contributed by atoms with van der Waals surface area (Å²) in [7, 11) is -4.64. The Bertz CT molecular complexity index is 196. The van der Waals surface area contributed by atoms with Crippen molar-refractivity contribution >= 4 is 7.82 Å². The summed E-state index contributed by atoms with van der Waals surface area (Å²) in [6.07, 6.45) is 3.50. The molecule has 0 unspecified atom stereocenters. The minimum atomic E-state index is -4.64. The summed E-state index contributed by atoms with van der Waals surface area (Å²) in [4.78, 5) is 25.3. The molecule has 0 aromatic carbocycles. The van der Waals surface area contributed by atoms with Gasteiger partial charge in [-0.1, -0.05) is 6.07 Å². The Kier molecular flexibility index (Phi) is 9.00. The molecular formula is C5H9LiNO4P. The van der Waals surface area contributed by atoms with Gasteiger partial charge in [0, 0.05) is 12.4 Å². The van der Waals surface area contributed by atoms with Gasteiger partial charge in [0.15, 0.2) is 0 Å². The summed E-state index contributed by atoms with van der Waals surface area (Å²) < 4.78 is 8.88. The van der Waals surface area contributed by atoms with E-state index in [-0.39, 0.29) is 20.3 Å². The van der Waals surface area contributed by atoms with Crippen LogP contribution in [0.25, 0.3) is 0 Å². The molecule has 5 nitrogen and oxygen atoms in total. The minimum absolute atomic E-state index is 0. The fourth-order valence-electron chi connectivity index (χ4n) is 0.313. The van der Waals surface area contributed by atoms with Gasteiger partial charge in [0.1, 0.15) is 0 Å². The normalized spacial score (nSPS) is 8.92. The van der Waals surface area contributed by atoms with E-state index in [0.717, 1.165) is 0 Å². The van der Waals surface area contributed by atoms with Gasteiger partial charge in [-0.05, 0) is 12.1 Å². The van der Waals surface area contributed by atoms with E-state index in [0.29, 0.717) is 0 Å². The van der Waals surface area contributed by atoms with E-state index in [1.54, 1.807) is 12.4 Å². The van der Waals surface area contributed by atoms with Crippen LogP contribution in [-0.4, -0.2) is 19.7 Å². The van der Waals surface area contributed by atoms with E-state index in [9.17, 15) is 0 Å². The zero-order valence-electron chi connectivity index (χ0n) is 7.53. The molecule has 0 aliphatic heterocycles. The van der Waals surface area contributed by atoms with Crippen LogP contribution in [0.4, 0.5) is 0 Å². The molecule has 3 N–H and O–H groups in total. The smallest absolute Gasteiger partial charge is 1.00 e. The molecule has 7 heteroatoms. The van der Waals surface area contributed by atoms with Crippen molar-refractivity contribution in [1.29, 1.82) is 0 Å². The molecule has 12 heavy (non-hydrogen) atoms. The van der Waals surface area contributed by atoms with Crippen molar-refractivity contribution in [1.82, 2.24) is 4.98 Å². The summed E-state index contributed by atoms with van der Waals surface area (Å²) in [6, 6.07) is 5.72. The first-order chi connectivity index (χ1) is 5.00. The fraction of sp³-hybridized carbons (Fsp3) is 0. The van der Waals surface area contributed by atoms with Gasteiger partial charge >= 0.3 is 26.7 Å². The van der Waals surface area contributed by atoms with Crippen molar-refractivity contribution in [2.24, 2.45) is 0 Å². The van der Waals surface area contributed by atoms with E-state index in [4.69, 9.17) is 19.2 Å². The van der Waals surface area contributed by atoms with Crippen LogP contribution < -0.4 is 18.9 Å². The van der Waals surface area contributed by atoms with Crippen LogP contribution in [0.2, 0.25) is 0 Å². The number of nitrogens with zero attached hydrogens (tertiary/aromatic N) is 1. The van der Waals surface area contributed by atoms with E-state index in [2.05, 4.69) is 4.98 Å².